The van der Waals surface area contributed by atoms with E-state index in [1.807, 2.05) is 0 Å². The van der Waals surface area contributed by atoms with Gasteiger partial charge in [0.2, 0.25) is 0 Å². The van der Waals surface area contributed by atoms with E-state index in [2.05, 4.69) is 0 Å². The molecule has 0 fully saturated rings. The van der Waals surface area contributed by atoms with Crippen molar-refractivity contribution in [2.24, 2.45) is 0 Å². The number of ketones is 1. The Morgan fingerprint density at radius 2 is 2.00 bits per heavy atom. The van der Waals surface area contributed by atoms with Gasteiger partial charge in [0.1, 0.15) is 5.75 Å². The summed E-state index contributed by atoms with van der Waals surface area (Å²) in [4.78, 5) is 11.3. The Labute approximate surface area is 88.6 Å². The van der Waals surface area contributed by atoms with Crippen LogP contribution in [0.3, 0.4) is 0 Å². The van der Waals surface area contributed by atoms with Gasteiger partial charge in [-0.1, -0.05) is 0 Å². The lowest BCUT2D eigenvalue weighted by atomic mass is 10.0. The summed E-state index contributed by atoms with van der Waals surface area (Å²) in [7, 11) is 1.47. The maximum absolute atomic E-state index is 11.3. The zero-order chi connectivity index (χ0) is 11.6. The largest absolute Gasteiger partial charge is 0.495 e. The van der Waals surface area contributed by atoms with Gasteiger partial charge in [0.05, 0.1) is 18.2 Å². The number of nitrogens with one attached hydrogen (secondary N) is 1. The molecular weight excluding hydrogens is 192 g/mol. The molecule has 0 aliphatic carbocycles. The Morgan fingerprint density at radius 3 is 2.40 bits per heavy atom. The average molecular weight is 206 g/mol. The smallest absolute Gasteiger partial charge is 0.163 e. The van der Waals surface area contributed by atoms with E-state index in [9.17, 15) is 4.79 Å². The molecule has 0 spiro atoms. The fourth-order valence-corrected chi connectivity index (χ4v) is 1.47. The topological polar surface area (TPSA) is 76.2 Å². The Bertz CT molecular complexity index is 425. The highest BCUT2D eigenvalue weighted by Crippen LogP contribution is 2.29. The maximum Gasteiger partial charge on any atom is 0.163 e. The lowest BCUT2D eigenvalue weighted by Gasteiger charge is -2.13. The molecule has 4 heteroatoms. The lowest BCUT2D eigenvalue weighted by molar-refractivity contribution is 0.101. The van der Waals surface area contributed by atoms with Crippen molar-refractivity contribution in [2.75, 3.05) is 12.8 Å². The van der Waals surface area contributed by atoms with Crippen LogP contribution in [-0.2, 0) is 0 Å². The number of ether oxygens (including phenoxy) is 1. The predicted molar refractivity (Wildman–Crippen MR) is 59.9 cm³/mol. The van der Waals surface area contributed by atoms with E-state index in [1.165, 1.54) is 14.0 Å². The molecule has 0 saturated heterocycles. The van der Waals surface area contributed by atoms with Crippen molar-refractivity contribution < 1.29 is 9.53 Å². The molecule has 4 nitrogen and oxygen atoms in total. The summed E-state index contributed by atoms with van der Waals surface area (Å²) in [5.41, 5.74) is 7.41. The Balaban J connectivity index is 3.54. The van der Waals surface area contributed by atoms with Gasteiger partial charge in [0.25, 0.3) is 0 Å². The highest BCUT2D eigenvalue weighted by molar-refractivity contribution is 6.08. The van der Waals surface area contributed by atoms with Gasteiger partial charge in [-0.25, -0.2) is 0 Å². The first-order chi connectivity index (χ1) is 6.99. The third-order valence-corrected chi connectivity index (χ3v) is 2.15. The number of methoxy groups -OCH3 is 1. The first kappa shape index (κ1) is 11.2. The van der Waals surface area contributed by atoms with Gasteiger partial charge in [-0.3, -0.25) is 4.79 Å². The second kappa shape index (κ2) is 4.13. The second-order valence-corrected chi connectivity index (χ2v) is 3.29. The number of nitrogens with two attached hydrogens (primary N) is 1. The third-order valence-electron chi connectivity index (χ3n) is 2.15. The van der Waals surface area contributed by atoms with Gasteiger partial charge in [-0.05, 0) is 26.0 Å². The summed E-state index contributed by atoms with van der Waals surface area (Å²) < 4.78 is 5.14. The molecule has 0 aliphatic heterocycles. The van der Waals surface area contributed by atoms with E-state index < -0.39 is 0 Å². The van der Waals surface area contributed by atoms with Gasteiger partial charge in [0.15, 0.2) is 5.78 Å². The number of rotatable bonds is 3. The molecule has 0 bridgehead atoms. The number of anilines is 1. The van der Waals surface area contributed by atoms with Gasteiger partial charge in [-0.15, -0.1) is 0 Å². The molecule has 0 radical (unpaired) electrons. The third kappa shape index (κ3) is 1.98. The Morgan fingerprint density at radius 1 is 1.40 bits per heavy atom. The molecule has 80 valence electrons. The molecule has 0 amide bonds. The van der Waals surface area contributed by atoms with Crippen LogP contribution in [0.5, 0.6) is 5.75 Å². The van der Waals surface area contributed by atoms with E-state index >= 15 is 0 Å². The van der Waals surface area contributed by atoms with E-state index in [0.717, 1.165) is 0 Å². The number of carbonyl (C=O) groups excluding carboxylic acids is 1. The number of Topliss-reactive ketones (excluding diaryl/α,β-unsaturated/α-hetero) is 1. The number of hydrogen-bond acceptors (Lipinski definition) is 4. The van der Waals surface area contributed by atoms with E-state index in [4.69, 9.17) is 15.9 Å². The van der Waals surface area contributed by atoms with Crippen LogP contribution in [0.4, 0.5) is 5.69 Å². The molecule has 0 atom stereocenters. The van der Waals surface area contributed by atoms with Crippen molar-refractivity contribution in [3.05, 3.63) is 23.3 Å². The summed E-state index contributed by atoms with van der Waals surface area (Å²) in [5.74, 6) is 0.282. The number of carbonyl (C=O) groups is 1. The molecule has 3 N–H and O–H groups in total. The highest BCUT2D eigenvalue weighted by Gasteiger charge is 2.16. The first-order valence-electron chi connectivity index (χ1n) is 4.52. The van der Waals surface area contributed by atoms with Gasteiger partial charge < -0.3 is 15.9 Å². The van der Waals surface area contributed by atoms with Crippen LogP contribution in [-0.4, -0.2) is 18.6 Å². The van der Waals surface area contributed by atoms with Crippen molar-refractivity contribution in [3.63, 3.8) is 0 Å². The van der Waals surface area contributed by atoms with Crippen molar-refractivity contribution in [1.29, 1.82) is 5.41 Å². The van der Waals surface area contributed by atoms with Gasteiger partial charge in [-0.2, -0.15) is 0 Å². The van der Waals surface area contributed by atoms with Crippen LogP contribution >= 0.6 is 0 Å². The van der Waals surface area contributed by atoms with Gasteiger partial charge >= 0.3 is 0 Å². The summed E-state index contributed by atoms with van der Waals surface area (Å²) in [5, 5.41) is 7.59. The van der Waals surface area contributed by atoms with Crippen LogP contribution in [0.2, 0.25) is 0 Å². The molecule has 15 heavy (non-hydrogen) atoms. The fourth-order valence-electron chi connectivity index (χ4n) is 1.47. The average Bonchev–Trinajstić information content (AvgIpc) is 2.15. The van der Waals surface area contributed by atoms with E-state index in [1.54, 1.807) is 19.1 Å². The zero-order valence-electron chi connectivity index (χ0n) is 9.05. The molecule has 0 aromatic heterocycles. The standard InChI is InChI=1S/C11H14N2O2/c1-6(12)10-9(13)5-4-8(7(2)14)11(10)15-3/h4-5,12H,13H2,1-3H3. The minimum Gasteiger partial charge on any atom is -0.495 e. The molecule has 0 unspecified atom stereocenters. The van der Waals surface area contributed by atoms with Crippen molar-refractivity contribution >= 4 is 17.2 Å². The normalized spacial score (nSPS) is 9.80. The Hall–Kier alpha value is -1.84. The monoisotopic (exact) mass is 206 g/mol. The van der Waals surface area contributed by atoms with Crippen LogP contribution < -0.4 is 10.5 Å². The Kier molecular flexibility index (Phi) is 3.09. The van der Waals surface area contributed by atoms with Crippen molar-refractivity contribution in [2.45, 2.75) is 13.8 Å². The van der Waals surface area contributed by atoms with Crippen molar-refractivity contribution in [1.82, 2.24) is 0 Å². The number of benzene rings is 1. The SMILES string of the molecule is COc1c(C(C)=O)ccc(N)c1C(C)=N. The predicted octanol–water partition coefficient (Wildman–Crippen LogP) is 1.87. The van der Waals surface area contributed by atoms with E-state index in [-0.39, 0.29) is 11.5 Å². The fraction of sp³-hybridized carbons (Fsp3) is 0.273. The van der Waals surface area contributed by atoms with Crippen LogP contribution in [0, 0.1) is 5.41 Å². The summed E-state index contributed by atoms with van der Waals surface area (Å²) in [6, 6.07) is 3.23. The second-order valence-electron chi connectivity index (χ2n) is 3.29. The zero-order valence-corrected chi connectivity index (χ0v) is 9.05. The molecule has 1 aromatic carbocycles. The van der Waals surface area contributed by atoms with E-state index in [0.29, 0.717) is 22.6 Å². The molecule has 1 rings (SSSR count). The first-order valence-corrected chi connectivity index (χ1v) is 4.52. The number of hydrogen-bond donors (Lipinski definition) is 2. The lowest BCUT2D eigenvalue weighted by Crippen LogP contribution is -2.07. The summed E-state index contributed by atoms with van der Waals surface area (Å²) >= 11 is 0. The van der Waals surface area contributed by atoms with Crippen LogP contribution in [0.25, 0.3) is 0 Å². The highest BCUT2D eigenvalue weighted by atomic mass is 16.5. The van der Waals surface area contributed by atoms with Gasteiger partial charge in [0, 0.05) is 11.4 Å². The molecule has 0 aliphatic rings. The molecular formula is C11H14N2O2. The minimum absolute atomic E-state index is 0.102. The minimum atomic E-state index is -0.102. The maximum atomic E-state index is 11.3. The molecule has 1 aromatic rings. The summed E-state index contributed by atoms with van der Waals surface area (Å²) in [6.45, 7) is 3.06. The number of nitrogen functional groups attached to an aromatic ring is 1. The van der Waals surface area contributed by atoms with Crippen LogP contribution in [0.1, 0.15) is 29.8 Å². The van der Waals surface area contributed by atoms with Crippen molar-refractivity contribution in [3.8, 4) is 5.75 Å². The summed E-state index contributed by atoms with van der Waals surface area (Å²) in [6.07, 6.45) is 0. The molecule has 0 saturated carbocycles. The molecule has 0 heterocycles. The van der Waals surface area contributed by atoms with Crippen LogP contribution in [0.15, 0.2) is 12.1 Å². The quantitative estimate of drug-likeness (QED) is 0.450.